The molecule has 0 fully saturated rings. The van der Waals surface area contributed by atoms with Crippen LogP contribution in [0, 0.1) is 0 Å². The van der Waals surface area contributed by atoms with Gasteiger partial charge in [0.2, 0.25) is 5.91 Å². The van der Waals surface area contributed by atoms with E-state index >= 15 is 0 Å². The minimum atomic E-state index is -0.634. The second kappa shape index (κ2) is 6.18. The zero-order valence-corrected chi connectivity index (χ0v) is 13.2. The summed E-state index contributed by atoms with van der Waals surface area (Å²) < 4.78 is 1.87. The number of aromatic nitrogens is 3. The molecule has 1 atom stereocenters. The van der Waals surface area contributed by atoms with Gasteiger partial charge < -0.3 is 15.2 Å². The number of fused-ring (bicyclic) bond motifs is 1. The quantitative estimate of drug-likeness (QED) is 0.792. The predicted molar refractivity (Wildman–Crippen MR) is 90.0 cm³/mol. The fourth-order valence-corrected chi connectivity index (χ4v) is 2.52. The highest BCUT2D eigenvalue weighted by Gasteiger charge is 2.21. The summed E-state index contributed by atoms with van der Waals surface area (Å²) in [6.07, 6.45) is 5.70. The molecule has 0 bridgehead atoms. The summed E-state index contributed by atoms with van der Waals surface area (Å²) in [4.78, 5) is 22.6. The molecule has 1 unspecified atom stereocenters. The number of carbonyl (C=O) groups is 1. The van der Waals surface area contributed by atoms with Crippen LogP contribution in [0.2, 0.25) is 0 Å². The molecule has 2 aromatic heterocycles. The number of likely N-dealkylation sites (N-methyl/N-ethyl adjacent to an activating group) is 1. The van der Waals surface area contributed by atoms with Gasteiger partial charge in [-0.05, 0) is 24.3 Å². The number of amides is 1. The first-order valence-electron chi connectivity index (χ1n) is 7.40. The van der Waals surface area contributed by atoms with E-state index < -0.39 is 6.04 Å². The minimum absolute atomic E-state index is 0.142. The van der Waals surface area contributed by atoms with E-state index in [0.717, 1.165) is 22.4 Å². The monoisotopic (exact) mass is 309 g/mol. The highest BCUT2D eigenvalue weighted by molar-refractivity contribution is 5.98. The van der Waals surface area contributed by atoms with Crippen LogP contribution in [0.3, 0.4) is 0 Å². The molecule has 2 heterocycles. The lowest BCUT2D eigenvalue weighted by Crippen LogP contribution is -2.43. The van der Waals surface area contributed by atoms with Gasteiger partial charge in [0.1, 0.15) is 5.82 Å². The average Bonchev–Trinajstić information content (AvgIpc) is 2.97. The molecule has 2 N–H and O–H groups in total. The maximum atomic E-state index is 12.6. The van der Waals surface area contributed by atoms with Crippen LogP contribution in [0.5, 0.6) is 0 Å². The number of hydrogen-bond donors (Lipinski definition) is 1. The van der Waals surface area contributed by atoms with Gasteiger partial charge in [0.05, 0.1) is 11.6 Å². The molecule has 0 aliphatic rings. The van der Waals surface area contributed by atoms with Crippen LogP contribution in [0.25, 0.3) is 10.9 Å². The van der Waals surface area contributed by atoms with Crippen molar-refractivity contribution in [1.82, 2.24) is 14.5 Å². The van der Waals surface area contributed by atoms with E-state index in [1.54, 1.807) is 24.3 Å². The van der Waals surface area contributed by atoms with E-state index in [2.05, 4.69) is 9.97 Å². The topological polar surface area (TPSA) is 77.0 Å². The van der Waals surface area contributed by atoms with E-state index in [0.29, 0.717) is 6.42 Å². The first-order chi connectivity index (χ1) is 11.1. The molecule has 3 rings (SSSR count). The Bertz CT molecular complexity index is 842. The zero-order chi connectivity index (χ0) is 16.4. The molecule has 6 heteroatoms. The summed E-state index contributed by atoms with van der Waals surface area (Å²) in [5.41, 5.74) is 7.77. The van der Waals surface area contributed by atoms with Crippen molar-refractivity contribution >= 4 is 22.5 Å². The zero-order valence-electron chi connectivity index (χ0n) is 13.2. The van der Waals surface area contributed by atoms with Crippen LogP contribution in [0.15, 0.2) is 48.9 Å². The fourth-order valence-electron chi connectivity index (χ4n) is 2.52. The van der Waals surface area contributed by atoms with E-state index in [4.69, 9.17) is 5.73 Å². The Morgan fingerprint density at radius 1 is 1.30 bits per heavy atom. The Morgan fingerprint density at radius 3 is 2.87 bits per heavy atom. The maximum Gasteiger partial charge on any atom is 0.244 e. The molecule has 6 nitrogen and oxygen atoms in total. The van der Waals surface area contributed by atoms with Crippen LogP contribution in [-0.2, 0) is 18.3 Å². The molecule has 1 aromatic carbocycles. The summed E-state index contributed by atoms with van der Waals surface area (Å²) in [5, 5.41) is 0.988. The van der Waals surface area contributed by atoms with E-state index in [-0.39, 0.29) is 5.91 Å². The van der Waals surface area contributed by atoms with Crippen molar-refractivity contribution in [2.24, 2.45) is 12.8 Å². The van der Waals surface area contributed by atoms with Crippen molar-refractivity contribution in [3.63, 3.8) is 0 Å². The molecule has 118 valence electrons. The highest BCUT2D eigenvalue weighted by atomic mass is 16.2. The van der Waals surface area contributed by atoms with Crippen LogP contribution < -0.4 is 10.6 Å². The molecule has 0 spiro atoms. The van der Waals surface area contributed by atoms with E-state index in [1.807, 2.05) is 48.1 Å². The first-order valence-corrected chi connectivity index (χ1v) is 7.40. The number of aryl methyl sites for hydroxylation is 1. The maximum absolute atomic E-state index is 12.6. The number of rotatable bonds is 4. The van der Waals surface area contributed by atoms with Gasteiger partial charge in [0.15, 0.2) is 0 Å². The van der Waals surface area contributed by atoms with Crippen molar-refractivity contribution in [2.45, 2.75) is 12.5 Å². The average molecular weight is 309 g/mol. The summed E-state index contributed by atoms with van der Waals surface area (Å²) in [7, 11) is 3.62. The lowest BCUT2D eigenvalue weighted by molar-refractivity contribution is -0.119. The molecule has 1 amide bonds. The predicted octanol–water partition coefficient (Wildman–Crippen LogP) is 1.50. The first kappa shape index (κ1) is 15.2. The van der Waals surface area contributed by atoms with Gasteiger partial charge >= 0.3 is 0 Å². The second-order valence-electron chi connectivity index (χ2n) is 5.54. The van der Waals surface area contributed by atoms with Gasteiger partial charge in [-0.2, -0.15) is 0 Å². The molecular weight excluding hydrogens is 290 g/mol. The molecule has 0 radical (unpaired) electrons. The highest BCUT2D eigenvalue weighted by Crippen LogP contribution is 2.20. The third-order valence-electron chi connectivity index (χ3n) is 3.95. The van der Waals surface area contributed by atoms with Crippen LogP contribution in [-0.4, -0.2) is 33.5 Å². The van der Waals surface area contributed by atoms with Crippen molar-refractivity contribution in [3.05, 3.63) is 54.7 Å². The third kappa shape index (κ3) is 3.07. The number of nitrogens with two attached hydrogens (primary N) is 1. The summed E-state index contributed by atoms with van der Waals surface area (Å²) in [5.74, 6) is 0.651. The van der Waals surface area contributed by atoms with Crippen molar-refractivity contribution < 1.29 is 4.79 Å². The number of nitrogens with zero attached hydrogens (tertiary/aromatic N) is 4. The molecular formula is C17H19N5O. The molecule has 0 aliphatic carbocycles. The molecule has 0 aliphatic heterocycles. The van der Waals surface area contributed by atoms with E-state index in [1.165, 1.54) is 0 Å². The lowest BCUT2D eigenvalue weighted by atomic mass is 10.1. The molecule has 0 saturated carbocycles. The Kier molecular flexibility index (Phi) is 4.08. The number of pyridine rings is 1. The Balaban J connectivity index is 1.78. The number of benzene rings is 1. The van der Waals surface area contributed by atoms with Gasteiger partial charge in [-0.25, -0.2) is 4.98 Å². The minimum Gasteiger partial charge on any atom is -0.338 e. The van der Waals surface area contributed by atoms with Gasteiger partial charge in [-0.3, -0.25) is 9.78 Å². The van der Waals surface area contributed by atoms with Crippen LogP contribution >= 0.6 is 0 Å². The third-order valence-corrected chi connectivity index (χ3v) is 3.95. The normalized spacial score (nSPS) is 12.3. The summed E-state index contributed by atoms with van der Waals surface area (Å²) >= 11 is 0. The lowest BCUT2D eigenvalue weighted by Gasteiger charge is -2.21. The van der Waals surface area contributed by atoms with Crippen molar-refractivity contribution in [2.75, 3.05) is 11.9 Å². The fraction of sp³-hybridized carbons (Fsp3) is 0.235. The number of imidazole rings is 1. The van der Waals surface area contributed by atoms with Gasteiger partial charge in [-0.15, -0.1) is 0 Å². The van der Waals surface area contributed by atoms with Gasteiger partial charge in [0.25, 0.3) is 0 Å². The summed E-state index contributed by atoms with van der Waals surface area (Å²) in [6.45, 7) is 0. The largest absolute Gasteiger partial charge is 0.338 e. The SMILES string of the molecule is CN(C(=O)C(N)Cc1nccn1C)c1ccc2ncccc2c1. The van der Waals surface area contributed by atoms with Gasteiger partial charge in [0, 0.05) is 50.2 Å². The number of hydrogen-bond acceptors (Lipinski definition) is 4. The van der Waals surface area contributed by atoms with E-state index in [9.17, 15) is 4.79 Å². The second-order valence-corrected chi connectivity index (χ2v) is 5.54. The van der Waals surface area contributed by atoms with Crippen LogP contribution in [0.4, 0.5) is 5.69 Å². The Hall–Kier alpha value is -2.73. The standard InChI is InChI=1S/C17H19N5O/c1-21-9-8-20-16(21)11-14(18)17(23)22(2)13-5-6-15-12(10-13)4-3-7-19-15/h3-10,14H,11,18H2,1-2H3. The molecule has 23 heavy (non-hydrogen) atoms. The Labute approximate surface area is 134 Å². The number of carbonyl (C=O) groups excluding carboxylic acids is 1. The molecule has 3 aromatic rings. The number of anilines is 1. The van der Waals surface area contributed by atoms with Gasteiger partial charge in [-0.1, -0.05) is 6.07 Å². The summed E-state index contributed by atoms with van der Waals surface area (Å²) in [6, 6.07) is 8.93. The smallest absolute Gasteiger partial charge is 0.244 e. The Morgan fingerprint density at radius 2 is 2.13 bits per heavy atom. The van der Waals surface area contributed by atoms with Crippen LogP contribution in [0.1, 0.15) is 5.82 Å². The van der Waals surface area contributed by atoms with Crippen molar-refractivity contribution in [3.8, 4) is 0 Å². The van der Waals surface area contributed by atoms with Crippen molar-refractivity contribution in [1.29, 1.82) is 0 Å². The molecule has 0 saturated heterocycles.